The Morgan fingerprint density at radius 3 is 2.50 bits per heavy atom. The monoisotopic (exact) mass is 293 g/mol. The highest BCUT2D eigenvalue weighted by Gasteiger charge is 2.28. The number of hydrogen-bond acceptors (Lipinski definition) is 3. The van der Waals surface area contributed by atoms with Crippen LogP contribution in [0.25, 0.3) is 10.9 Å². The van der Waals surface area contributed by atoms with Crippen LogP contribution >= 0.6 is 0 Å². The molecule has 0 N–H and O–H groups in total. The molecule has 0 unspecified atom stereocenters. The van der Waals surface area contributed by atoms with Crippen molar-refractivity contribution in [3.8, 4) is 0 Å². The summed E-state index contributed by atoms with van der Waals surface area (Å²) in [5.41, 5.74) is 1.51. The molecule has 1 heterocycles. The molecule has 108 valence electrons. The number of aldehydes is 1. The van der Waals surface area contributed by atoms with E-state index in [9.17, 15) is 13.2 Å². The second kappa shape index (κ2) is 5.05. The maximum absolute atomic E-state index is 12.1. The van der Waals surface area contributed by atoms with Crippen LogP contribution in [0, 0.1) is 0 Å². The van der Waals surface area contributed by atoms with Gasteiger partial charge in [-0.3, -0.25) is 4.79 Å². The molecule has 0 aliphatic carbocycles. The molecule has 0 atom stereocenters. The van der Waals surface area contributed by atoms with Gasteiger partial charge in [0.05, 0.1) is 10.5 Å². The van der Waals surface area contributed by atoms with Crippen LogP contribution in [0.15, 0.2) is 30.5 Å². The summed E-state index contributed by atoms with van der Waals surface area (Å²) in [5.74, 6) is 0.0889. The van der Waals surface area contributed by atoms with Gasteiger partial charge in [0.1, 0.15) is 0 Å². The zero-order valence-electron chi connectivity index (χ0n) is 12.0. The lowest BCUT2D eigenvalue weighted by Gasteiger charge is -2.19. The maximum Gasteiger partial charge on any atom is 0.156 e. The summed E-state index contributed by atoms with van der Waals surface area (Å²) in [4.78, 5) is 11.0. The first-order valence-electron chi connectivity index (χ1n) is 6.51. The van der Waals surface area contributed by atoms with E-state index in [2.05, 4.69) is 0 Å². The van der Waals surface area contributed by atoms with Crippen LogP contribution in [0.1, 0.15) is 31.1 Å². The fraction of sp³-hybridized carbons (Fsp3) is 0.400. The fourth-order valence-corrected chi connectivity index (χ4v) is 3.12. The first kappa shape index (κ1) is 14.8. The van der Waals surface area contributed by atoms with Crippen molar-refractivity contribution in [2.75, 3.05) is 5.75 Å². The summed E-state index contributed by atoms with van der Waals surface area (Å²) < 4.78 is 25.4. The second-order valence-electron chi connectivity index (χ2n) is 5.84. The number of aromatic nitrogens is 1. The first-order chi connectivity index (χ1) is 9.26. The zero-order valence-corrected chi connectivity index (χ0v) is 12.8. The van der Waals surface area contributed by atoms with Crippen LogP contribution in [0.4, 0.5) is 0 Å². The molecule has 0 spiro atoms. The van der Waals surface area contributed by atoms with Crippen molar-refractivity contribution in [1.82, 2.24) is 4.57 Å². The number of carbonyl (C=O) groups excluding carboxylic acids is 1. The summed E-state index contributed by atoms with van der Waals surface area (Å²) in [5, 5.41) is 0.857. The van der Waals surface area contributed by atoms with Crippen molar-refractivity contribution >= 4 is 27.0 Å². The van der Waals surface area contributed by atoms with Crippen molar-refractivity contribution in [3.63, 3.8) is 0 Å². The summed E-state index contributed by atoms with van der Waals surface area (Å²) in [6.45, 7) is 5.52. The summed E-state index contributed by atoms with van der Waals surface area (Å²) in [6, 6.07) is 7.31. The molecule has 1 aromatic heterocycles. The molecule has 0 bridgehead atoms. The second-order valence-corrected chi connectivity index (χ2v) is 8.70. The van der Waals surface area contributed by atoms with Gasteiger partial charge in [0.25, 0.3) is 0 Å². The predicted octanol–water partition coefficient (Wildman–Crippen LogP) is 2.67. The largest absolute Gasteiger partial charge is 0.346 e. The Balaban J connectivity index is 2.31. The molecule has 1 aromatic carbocycles. The highest BCUT2D eigenvalue weighted by atomic mass is 32.2. The van der Waals surface area contributed by atoms with E-state index in [1.54, 1.807) is 32.9 Å². The van der Waals surface area contributed by atoms with Gasteiger partial charge >= 0.3 is 0 Å². The Hall–Kier alpha value is -1.62. The molecule has 2 aromatic rings. The molecule has 0 aliphatic heterocycles. The quantitative estimate of drug-likeness (QED) is 0.814. The molecular formula is C15H19NO3S. The third-order valence-corrected chi connectivity index (χ3v) is 6.09. The number of benzene rings is 1. The van der Waals surface area contributed by atoms with Crippen LogP contribution in [0.5, 0.6) is 0 Å². The van der Waals surface area contributed by atoms with Crippen molar-refractivity contribution in [2.24, 2.45) is 0 Å². The van der Waals surface area contributed by atoms with Crippen molar-refractivity contribution in [2.45, 2.75) is 32.1 Å². The maximum atomic E-state index is 12.1. The minimum Gasteiger partial charge on any atom is -0.346 e. The van der Waals surface area contributed by atoms with E-state index in [4.69, 9.17) is 0 Å². The standard InChI is InChI=1S/C15H19NO3S/c1-15(2,3)20(18,19)10-9-16-8-7-13-12(11-17)5-4-6-14(13)16/h4-8,11H,9-10H2,1-3H3. The van der Waals surface area contributed by atoms with Crippen LogP contribution in [-0.2, 0) is 16.4 Å². The minimum atomic E-state index is -3.15. The number of nitrogens with zero attached hydrogens (tertiary/aromatic N) is 1. The molecule has 0 aliphatic rings. The minimum absolute atomic E-state index is 0.0889. The van der Waals surface area contributed by atoms with Crippen molar-refractivity contribution < 1.29 is 13.2 Å². The normalized spacial score (nSPS) is 12.8. The number of hydrogen-bond donors (Lipinski definition) is 0. The van der Waals surface area contributed by atoms with Gasteiger partial charge in [-0.1, -0.05) is 12.1 Å². The van der Waals surface area contributed by atoms with Crippen LogP contribution in [0.2, 0.25) is 0 Å². The molecule has 0 amide bonds. The average Bonchev–Trinajstić information content (AvgIpc) is 2.78. The number of rotatable bonds is 4. The fourth-order valence-electron chi connectivity index (χ4n) is 2.07. The van der Waals surface area contributed by atoms with Crippen molar-refractivity contribution in [3.05, 3.63) is 36.0 Å². The van der Waals surface area contributed by atoms with Crippen molar-refractivity contribution in [1.29, 1.82) is 0 Å². The van der Waals surface area contributed by atoms with Gasteiger partial charge in [-0.15, -0.1) is 0 Å². The number of aryl methyl sites for hydroxylation is 1. The van der Waals surface area contributed by atoms with Gasteiger partial charge in [0.2, 0.25) is 0 Å². The zero-order chi connectivity index (χ0) is 15.0. The molecule has 0 radical (unpaired) electrons. The van der Waals surface area contributed by atoms with Gasteiger partial charge in [-0.25, -0.2) is 8.42 Å². The smallest absolute Gasteiger partial charge is 0.156 e. The molecule has 0 fully saturated rings. The third kappa shape index (κ3) is 2.63. The van der Waals surface area contributed by atoms with E-state index in [0.717, 1.165) is 17.2 Å². The van der Waals surface area contributed by atoms with Gasteiger partial charge in [0.15, 0.2) is 16.1 Å². The third-order valence-electron chi connectivity index (χ3n) is 3.51. The van der Waals surface area contributed by atoms with E-state index in [1.165, 1.54) is 0 Å². The lowest BCUT2D eigenvalue weighted by molar-refractivity contribution is 0.112. The Kier molecular flexibility index (Phi) is 3.73. The lowest BCUT2D eigenvalue weighted by Crippen LogP contribution is -2.31. The topological polar surface area (TPSA) is 56.1 Å². The molecule has 5 heteroatoms. The van der Waals surface area contributed by atoms with Gasteiger partial charge in [-0.05, 0) is 32.9 Å². The SMILES string of the molecule is CC(C)(C)S(=O)(=O)CCn1ccc2c(C=O)cccc21. The summed E-state index contributed by atoms with van der Waals surface area (Å²) in [7, 11) is -3.15. The van der Waals surface area contributed by atoms with E-state index in [-0.39, 0.29) is 5.75 Å². The van der Waals surface area contributed by atoms with E-state index < -0.39 is 14.6 Å². The van der Waals surface area contributed by atoms with Crippen LogP contribution in [0.3, 0.4) is 0 Å². The van der Waals surface area contributed by atoms with Gasteiger partial charge < -0.3 is 4.57 Å². The highest BCUT2D eigenvalue weighted by molar-refractivity contribution is 7.92. The number of carbonyl (C=O) groups is 1. The Morgan fingerprint density at radius 2 is 1.90 bits per heavy atom. The first-order valence-corrected chi connectivity index (χ1v) is 8.17. The number of sulfone groups is 1. The van der Waals surface area contributed by atoms with E-state index in [1.807, 2.05) is 22.9 Å². The summed E-state index contributed by atoms with van der Waals surface area (Å²) in [6.07, 6.45) is 2.65. The predicted molar refractivity (Wildman–Crippen MR) is 80.9 cm³/mol. The molecule has 0 saturated carbocycles. The number of fused-ring (bicyclic) bond motifs is 1. The van der Waals surface area contributed by atoms with Gasteiger partial charge in [0, 0.05) is 29.2 Å². The van der Waals surface area contributed by atoms with E-state index in [0.29, 0.717) is 12.1 Å². The Labute approximate surface area is 119 Å². The van der Waals surface area contributed by atoms with Gasteiger partial charge in [-0.2, -0.15) is 0 Å². The van der Waals surface area contributed by atoms with Crippen LogP contribution in [-0.4, -0.2) is 29.8 Å². The molecular weight excluding hydrogens is 274 g/mol. The average molecular weight is 293 g/mol. The Bertz CT molecular complexity index is 736. The molecule has 4 nitrogen and oxygen atoms in total. The van der Waals surface area contributed by atoms with Crippen LogP contribution < -0.4 is 0 Å². The Morgan fingerprint density at radius 1 is 1.20 bits per heavy atom. The lowest BCUT2D eigenvalue weighted by atomic mass is 10.1. The van der Waals surface area contributed by atoms with E-state index >= 15 is 0 Å². The molecule has 0 saturated heterocycles. The summed E-state index contributed by atoms with van der Waals surface area (Å²) >= 11 is 0. The molecule has 2 rings (SSSR count). The highest BCUT2D eigenvalue weighted by Crippen LogP contribution is 2.21. The molecule has 20 heavy (non-hydrogen) atoms.